The fraction of sp³-hybridized carbons (Fsp3) is 0. The molecule has 0 N–H and O–H groups in total. The molecule has 0 radical (unpaired) electrons. The molecule has 0 unspecified atom stereocenters. The van der Waals surface area contributed by atoms with Crippen LogP contribution in [0.5, 0.6) is 0 Å². The summed E-state index contributed by atoms with van der Waals surface area (Å²) >= 11 is 0. The number of fused-ring (bicyclic) bond motifs is 5. The van der Waals surface area contributed by atoms with E-state index in [1.807, 2.05) is 91.0 Å². The van der Waals surface area contributed by atoms with Gasteiger partial charge >= 0.3 is 0 Å². The number of furan rings is 1. The van der Waals surface area contributed by atoms with Crippen molar-refractivity contribution < 1.29 is 16.8 Å². The monoisotopic (exact) mass is 581 g/mol. The molecule has 0 saturated carbocycles. The van der Waals surface area contributed by atoms with Crippen LogP contribution in [0.3, 0.4) is 0 Å². The minimum Gasteiger partial charge on any atom is -0.456 e. The fourth-order valence-corrected chi connectivity index (χ4v) is 6.49. The quantitative estimate of drug-likeness (QED) is 0.188. The minimum atomic E-state index is -0.608. The summed E-state index contributed by atoms with van der Waals surface area (Å²) in [5, 5.41) is 4.97. The largest absolute Gasteiger partial charge is 0.456 e. The highest BCUT2D eigenvalue weighted by Gasteiger charge is 2.21. The summed E-state index contributed by atoms with van der Waals surface area (Å²) in [6, 6.07) is 32.9. The minimum absolute atomic E-state index is 0.0350. The Bertz CT molecular complexity index is 2960. The summed E-state index contributed by atoms with van der Waals surface area (Å²) in [7, 11) is 0. The standard InChI is InChI=1S/C44H28O/c1-3-14-29(15-4-1)31-18-13-19-32(26-31)43-34-21-7-9-23-36(34)44(37-24-10-8-22-35(37)43)40-28-42-39(33-20-11-12-25-41(33)45-42)27-38(40)30-16-5-2-6-17-30/h1-28H/i1D,3D,4D,13D,14D,15D,18D,19D,26D. The van der Waals surface area contributed by atoms with Gasteiger partial charge in [-0.3, -0.25) is 0 Å². The van der Waals surface area contributed by atoms with Gasteiger partial charge in [0.1, 0.15) is 11.2 Å². The lowest BCUT2D eigenvalue weighted by Gasteiger charge is -2.20. The molecule has 0 saturated heterocycles. The Balaban J connectivity index is 1.43. The van der Waals surface area contributed by atoms with Gasteiger partial charge in [-0.25, -0.2) is 0 Å². The van der Waals surface area contributed by atoms with E-state index in [1.54, 1.807) is 0 Å². The molecule has 0 spiro atoms. The second kappa shape index (κ2) is 10.4. The third-order valence-corrected chi connectivity index (χ3v) is 8.43. The Morgan fingerprint density at radius 1 is 0.378 bits per heavy atom. The highest BCUT2D eigenvalue weighted by atomic mass is 16.3. The molecule has 0 amide bonds. The zero-order valence-corrected chi connectivity index (χ0v) is 23.9. The van der Waals surface area contributed by atoms with E-state index in [0.29, 0.717) is 16.3 Å². The maximum absolute atomic E-state index is 9.57. The van der Waals surface area contributed by atoms with Crippen LogP contribution in [0.4, 0.5) is 0 Å². The molecule has 1 heteroatoms. The Morgan fingerprint density at radius 3 is 1.67 bits per heavy atom. The molecule has 0 bridgehead atoms. The van der Waals surface area contributed by atoms with Crippen molar-refractivity contribution in [1.82, 2.24) is 0 Å². The van der Waals surface area contributed by atoms with Gasteiger partial charge in [0, 0.05) is 10.8 Å². The van der Waals surface area contributed by atoms with Crippen molar-refractivity contribution in [2.45, 2.75) is 0 Å². The first kappa shape index (κ1) is 18.0. The van der Waals surface area contributed by atoms with Gasteiger partial charge in [0.15, 0.2) is 0 Å². The normalized spacial score (nSPS) is 14.4. The third-order valence-electron chi connectivity index (χ3n) is 8.43. The maximum atomic E-state index is 9.57. The number of hydrogen-bond acceptors (Lipinski definition) is 1. The maximum Gasteiger partial charge on any atom is 0.136 e. The van der Waals surface area contributed by atoms with Crippen molar-refractivity contribution in [3.05, 3.63) is 170 Å². The molecule has 9 aromatic rings. The first-order chi connectivity index (χ1) is 26.1. The van der Waals surface area contributed by atoms with Gasteiger partial charge in [-0.1, -0.05) is 145 Å². The summed E-state index contributed by atoms with van der Waals surface area (Å²) in [5.74, 6) is 0. The van der Waals surface area contributed by atoms with Gasteiger partial charge in [0.05, 0.1) is 12.3 Å². The zero-order chi connectivity index (χ0) is 37.6. The van der Waals surface area contributed by atoms with Gasteiger partial charge in [-0.2, -0.15) is 0 Å². The summed E-state index contributed by atoms with van der Waals surface area (Å²) in [6.07, 6.45) is 0. The molecule has 1 nitrogen and oxygen atoms in total. The van der Waals surface area contributed by atoms with E-state index in [-0.39, 0.29) is 28.8 Å². The molecule has 1 aromatic heterocycles. The molecule has 0 fully saturated rings. The topological polar surface area (TPSA) is 13.1 Å². The van der Waals surface area contributed by atoms with Crippen LogP contribution in [0.25, 0.3) is 88.0 Å². The van der Waals surface area contributed by atoms with E-state index in [9.17, 15) is 2.74 Å². The average Bonchev–Trinajstić information content (AvgIpc) is 3.57. The van der Waals surface area contributed by atoms with E-state index in [0.717, 1.165) is 55.0 Å². The second-order valence-corrected chi connectivity index (χ2v) is 10.9. The van der Waals surface area contributed by atoms with Crippen LogP contribution >= 0.6 is 0 Å². The number of rotatable bonds is 4. The molecule has 1 heterocycles. The van der Waals surface area contributed by atoms with Crippen molar-refractivity contribution >= 4 is 43.5 Å². The van der Waals surface area contributed by atoms with E-state index in [4.69, 9.17) is 14.0 Å². The molecule has 0 aliphatic rings. The Hall–Kier alpha value is -5.92. The smallest absolute Gasteiger partial charge is 0.136 e. The van der Waals surface area contributed by atoms with Crippen molar-refractivity contribution in [1.29, 1.82) is 0 Å². The van der Waals surface area contributed by atoms with Gasteiger partial charge in [0.25, 0.3) is 0 Å². The van der Waals surface area contributed by atoms with E-state index >= 15 is 0 Å². The lowest BCUT2D eigenvalue weighted by atomic mass is 9.83. The number of para-hydroxylation sites is 1. The first-order valence-corrected chi connectivity index (χ1v) is 14.7. The van der Waals surface area contributed by atoms with E-state index in [1.165, 1.54) is 0 Å². The van der Waals surface area contributed by atoms with Crippen molar-refractivity contribution in [2.75, 3.05) is 0 Å². The second-order valence-electron chi connectivity index (χ2n) is 10.9. The third kappa shape index (κ3) is 4.17. The van der Waals surface area contributed by atoms with Gasteiger partial charge in [0.2, 0.25) is 0 Å². The van der Waals surface area contributed by atoms with Crippen LogP contribution in [0.1, 0.15) is 12.3 Å². The van der Waals surface area contributed by atoms with E-state index < -0.39 is 42.3 Å². The van der Waals surface area contributed by atoms with E-state index in [2.05, 4.69) is 24.3 Å². The first-order valence-electron chi connectivity index (χ1n) is 19.2. The predicted octanol–water partition coefficient (Wildman–Crippen LogP) is 12.6. The molecule has 0 aliphatic carbocycles. The van der Waals surface area contributed by atoms with Crippen LogP contribution in [-0.4, -0.2) is 0 Å². The Labute approximate surface area is 274 Å². The van der Waals surface area contributed by atoms with Crippen molar-refractivity contribution in [3.8, 4) is 44.5 Å². The molecule has 210 valence electrons. The number of benzene rings is 8. The molecule has 8 aromatic carbocycles. The summed E-state index contributed by atoms with van der Waals surface area (Å²) < 4.78 is 85.1. The summed E-state index contributed by atoms with van der Waals surface area (Å²) in [5.41, 5.74) is 5.18. The highest BCUT2D eigenvalue weighted by molar-refractivity contribution is 6.23. The SMILES string of the molecule is [2H]c1c([2H])c([2H])c(-c2c([2H])c([2H])c([2H])c(-c3c4ccccc4c(-c4cc5oc6ccccc6c5cc4-c4ccccc4)c4ccccc34)c2[2H])c([2H])c1[2H]. The van der Waals surface area contributed by atoms with Crippen LogP contribution < -0.4 is 0 Å². The fourth-order valence-electron chi connectivity index (χ4n) is 6.49. The van der Waals surface area contributed by atoms with Gasteiger partial charge in [-0.15, -0.1) is 0 Å². The molecular formula is C44H28O. The predicted molar refractivity (Wildman–Crippen MR) is 190 cm³/mol. The lowest BCUT2D eigenvalue weighted by Crippen LogP contribution is -1.93. The Kier molecular flexibility index (Phi) is 4.15. The Morgan fingerprint density at radius 2 is 0.956 bits per heavy atom. The molecular weight excluding hydrogens is 544 g/mol. The van der Waals surface area contributed by atoms with Crippen LogP contribution in [0.15, 0.2) is 174 Å². The lowest BCUT2D eigenvalue weighted by molar-refractivity contribution is 0.669. The van der Waals surface area contributed by atoms with Gasteiger partial charge < -0.3 is 4.42 Å². The zero-order valence-electron chi connectivity index (χ0n) is 32.9. The molecule has 0 atom stereocenters. The van der Waals surface area contributed by atoms with Gasteiger partial charge in [-0.05, 0) is 90.3 Å². The molecule has 9 rings (SSSR count). The van der Waals surface area contributed by atoms with Crippen molar-refractivity contribution in [2.24, 2.45) is 0 Å². The average molecular weight is 582 g/mol. The summed E-state index contributed by atoms with van der Waals surface area (Å²) in [6.45, 7) is 0. The van der Waals surface area contributed by atoms with Crippen molar-refractivity contribution in [3.63, 3.8) is 0 Å². The van der Waals surface area contributed by atoms with Crippen LogP contribution in [0, 0.1) is 0 Å². The summed E-state index contributed by atoms with van der Waals surface area (Å²) in [4.78, 5) is 0. The number of hydrogen-bond donors (Lipinski definition) is 0. The molecule has 0 aliphatic heterocycles. The van der Waals surface area contributed by atoms with Crippen LogP contribution in [-0.2, 0) is 0 Å². The molecule has 45 heavy (non-hydrogen) atoms. The van der Waals surface area contributed by atoms with Crippen LogP contribution in [0.2, 0.25) is 0 Å². The highest BCUT2D eigenvalue weighted by Crippen LogP contribution is 2.48.